The van der Waals surface area contributed by atoms with Crippen LogP contribution in [0.3, 0.4) is 0 Å². The molecule has 1 heterocycles. The Morgan fingerprint density at radius 3 is 2.32 bits per heavy atom. The summed E-state index contributed by atoms with van der Waals surface area (Å²) in [6.45, 7) is 11.5. The van der Waals surface area contributed by atoms with Crippen LogP contribution in [0.25, 0.3) is 0 Å². The van der Waals surface area contributed by atoms with E-state index in [9.17, 15) is 13.2 Å². The highest BCUT2D eigenvalue weighted by Crippen LogP contribution is 2.38. The number of allylic oxidation sites excluding steroid dienone is 1. The Labute approximate surface area is 245 Å². The largest absolute Gasteiger partial charge is 0.467 e. The average Bonchev–Trinajstić information content (AvgIpc) is 3.23. The zero-order valence-corrected chi connectivity index (χ0v) is 26.0. The maximum Gasteiger partial charge on any atom is 0.335 e. The monoisotopic (exact) mass is 588 g/mol. The second kappa shape index (κ2) is 14.6. The lowest BCUT2D eigenvalue weighted by Gasteiger charge is -2.32. The third-order valence-corrected chi connectivity index (χ3v) is 8.34. The predicted molar refractivity (Wildman–Crippen MR) is 156 cm³/mol. The van der Waals surface area contributed by atoms with Crippen LogP contribution in [-0.2, 0) is 44.7 Å². The van der Waals surface area contributed by atoms with Crippen molar-refractivity contribution in [2.24, 2.45) is 11.8 Å². The fourth-order valence-corrected chi connectivity index (χ4v) is 5.79. The summed E-state index contributed by atoms with van der Waals surface area (Å²) in [5, 5.41) is 0. The van der Waals surface area contributed by atoms with Crippen molar-refractivity contribution in [2.45, 2.75) is 90.0 Å². The summed E-state index contributed by atoms with van der Waals surface area (Å²) in [6.07, 6.45) is 1.25. The van der Waals surface area contributed by atoms with Gasteiger partial charge in [-0.1, -0.05) is 73.5 Å². The quantitative estimate of drug-likeness (QED) is 0.151. The van der Waals surface area contributed by atoms with Crippen LogP contribution < -0.4 is 0 Å². The maximum absolute atomic E-state index is 13.2. The van der Waals surface area contributed by atoms with Crippen LogP contribution in [-0.4, -0.2) is 52.2 Å². The second-order valence-electron chi connectivity index (χ2n) is 11.4. The first-order chi connectivity index (χ1) is 19.3. The Hall–Kier alpha value is -2.56. The molecular formula is C32H44O8S. The van der Waals surface area contributed by atoms with Gasteiger partial charge < -0.3 is 18.9 Å². The third kappa shape index (κ3) is 9.48. The summed E-state index contributed by atoms with van der Waals surface area (Å²) in [5.74, 6) is -1.73. The number of ether oxygens (including phenoxy) is 4. The van der Waals surface area contributed by atoms with Gasteiger partial charge in [-0.3, -0.25) is 4.18 Å². The van der Waals surface area contributed by atoms with Gasteiger partial charge in [0, 0.05) is 5.92 Å². The maximum atomic E-state index is 13.2. The normalized spacial score (nSPS) is 20.6. The Balaban J connectivity index is 1.94. The highest BCUT2D eigenvalue weighted by Gasteiger charge is 2.50. The molecule has 0 saturated carbocycles. The van der Waals surface area contributed by atoms with Crippen LogP contribution in [0.4, 0.5) is 0 Å². The first-order valence-electron chi connectivity index (χ1n) is 14.0. The summed E-state index contributed by atoms with van der Waals surface area (Å²) >= 11 is 0. The summed E-state index contributed by atoms with van der Waals surface area (Å²) in [4.78, 5) is 13.3. The molecule has 4 atom stereocenters. The number of carbonyl (C=O) groups is 1. The van der Waals surface area contributed by atoms with E-state index in [-0.39, 0.29) is 18.1 Å². The standard InChI is InChI=1S/C32H44O8S/c1-22(2)12-11-13-24(4)28(30(31(33)36-7)37-20-25-14-9-8-10-15-25)29-27(39-32(5,6)40-29)21-38-41(34,35)26-18-16-23(3)17-19-26/h8-10,13-19,22,27-30H,11-12,20-21H2,1-7H3/b24-13+/t27-,28+,29-,30+/m1/s1. The molecule has 1 aliphatic rings. The van der Waals surface area contributed by atoms with Crippen molar-refractivity contribution in [3.05, 3.63) is 77.4 Å². The minimum Gasteiger partial charge on any atom is -0.467 e. The molecule has 0 aliphatic carbocycles. The van der Waals surface area contributed by atoms with Gasteiger partial charge in [0.05, 0.1) is 31.3 Å². The summed E-state index contributed by atoms with van der Waals surface area (Å²) in [7, 11) is -2.74. The fraction of sp³-hybridized carbons (Fsp3) is 0.531. The van der Waals surface area contributed by atoms with Gasteiger partial charge >= 0.3 is 5.97 Å². The molecule has 0 bridgehead atoms. The molecule has 0 aromatic heterocycles. The number of carbonyl (C=O) groups excluding carboxylic acids is 1. The lowest BCUT2D eigenvalue weighted by atomic mass is 9.85. The molecule has 0 unspecified atom stereocenters. The zero-order chi connectivity index (χ0) is 30.2. The lowest BCUT2D eigenvalue weighted by molar-refractivity contribution is -0.170. The van der Waals surface area contributed by atoms with Gasteiger partial charge in [0.1, 0.15) is 6.10 Å². The Bertz CT molecular complexity index is 1250. The van der Waals surface area contributed by atoms with Gasteiger partial charge in [-0.2, -0.15) is 8.42 Å². The van der Waals surface area contributed by atoms with Crippen LogP contribution in [0.2, 0.25) is 0 Å². The van der Waals surface area contributed by atoms with Gasteiger partial charge in [0.2, 0.25) is 0 Å². The SMILES string of the molecule is COC(=O)[C@@H](OCc1ccccc1)[C@@H](/C(C)=C/CCC(C)C)[C@@H]1OC(C)(C)O[C@@H]1COS(=O)(=O)c1ccc(C)cc1. The van der Waals surface area contributed by atoms with E-state index in [1.807, 2.05) is 44.2 Å². The number of methoxy groups -OCH3 is 1. The van der Waals surface area contributed by atoms with Crippen molar-refractivity contribution in [2.75, 3.05) is 13.7 Å². The molecule has 3 rings (SSSR count). The molecule has 9 heteroatoms. The molecule has 0 radical (unpaired) electrons. The Morgan fingerprint density at radius 1 is 1.05 bits per heavy atom. The number of aryl methyl sites for hydroxylation is 1. The van der Waals surface area contributed by atoms with Crippen LogP contribution in [0.15, 0.2) is 71.1 Å². The first kappa shape index (κ1) is 32.9. The Kier molecular flexibility index (Phi) is 11.7. The molecular weight excluding hydrogens is 544 g/mol. The Morgan fingerprint density at radius 2 is 1.71 bits per heavy atom. The highest BCUT2D eigenvalue weighted by molar-refractivity contribution is 7.86. The summed E-state index contributed by atoms with van der Waals surface area (Å²) in [5.41, 5.74) is 2.70. The van der Waals surface area contributed by atoms with Crippen molar-refractivity contribution in [3.63, 3.8) is 0 Å². The van der Waals surface area contributed by atoms with Gasteiger partial charge in [-0.25, -0.2) is 4.79 Å². The smallest absolute Gasteiger partial charge is 0.335 e. The van der Waals surface area contributed by atoms with Crippen molar-refractivity contribution >= 4 is 16.1 Å². The van der Waals surface area contributed by atoms with Gasteiger partial charge in [-0.15, -0.1) is 0 Å². The second-order valence-corrected chi connectivity index (χ2v) is 13.0. The molecule has 2 aromatic rings. The summed E-state index contributed by atoms with van der Waals surface area (Å²) < 4.78 is 55.4. The number of esters is 1. The van der Waals surface area contributed by atoms with E-state index in [2.05, 4.69) is 19.9 Å². The first-order valence-corrected chi connectivity index (χ1v) is 15.5. The average molecular weight is 589 g/mol. The number of hydrogen-bond donors (Lipinski definition) is 0. The lowest BCUT2D eigenvalue weighted by Crippen LogP contribution is -2.46. The molecule has 1 aliphatic heterocycles. The number of benzene rings is 2. The van der Waals surface area contributed by atoms with Crippen LogP contribution in [0.1, 0.15) is 58.6 Å². The van der Waals surface area contributed by atoms with Crippen molar-refractivity contribution in [1.29, 1.82) is 0 Å². The molecule has 8 nitrogen and oxygen atoms in total. The molecule has 1 fully saturated rings. The van der Waals surface area contributed by atoms with E-state index in [1.54, 1.807) is 26.0 Å². The van der Waals surface area contributed by atoms with Crippen molar-refractivity contribution < 1.29 is 36.3 Å². The third-order valence-electron chi connectivity index (χ3n) is 7.04. The molecule has 2 aromatic carbocycles. The number of hydrogen-bond acceptors (Lipinski definition) is 8. The molecule has 0 amide bonds. The van der Waals surface area contributed by atoms with E-state index in [0.29, 0.717) is 5.92 Å². The minimum atomic E-state index is -4.06. The predicted octanol–water partition coefficient (Wildman–Crippen LogP) is 5.98. The van der Waals surface area contributed by atoms with Crippen molar-refractivity contribution in [3.8, 4) is 0 Å². The summed E-state index contributed by atoms with van der Waals surface area (Å²) in [6, 6.07) is 16.0. The van der Waals surface area contributed by atoms with E-state index >= 15 is 0 Å². The van der Waals surface area contributed by atoms with E-state index in [1.165, 1.54) is 19.2 Å². The van der Waals surface area contributed by atoms with Gasteiger partial charge in [-0.05, 0) is 64.2 Å². The van der Waals surface area contributed by atoms with Crippen LogP contribution >= 0.6 is 0 Å². The van der Waals surface area contributed by atoms with Crippen molar-refractivity contribution in [1.82, 2.24) is 0 Å². The highest BCUT2D eigenvalue weighted by atomic mass is 32.2. The molecule has 226 valence electrons. The molecule has 1 saturated heterocycles. The van der Waals surface area contributed by atoms with Crippen LogP contribution in [0, 0.1) is 18.8 Å². The molecule has 0 N–H and O–H groups in total. The van der Waals surface area contributed by atoms with E-state index in [4.69, 9.17) is 23.1 Å². The molecule has 41 heavy (non-hydrogen) atoms. The van der Waals surface area contributed by atoms with Gasteiger partial charge in [0.15, 0.2) is 11.9 Å². The number of rotatable bonds is 14. The van der Waals surface area contributed by atoms with E-state index < -0.39 is 46.1 Å². The van der Waals surface area contributed by atoms with Gasteiger partial charge in [0.25, 0.3) is 10.1 Å². The minimum absolute atomic E-state index is 0.0535. The van der Waals surface area contributed by atoms with E-state index in [0.717, 1.165) is 29.5 Å². The topological polar surface area (TPSA) is 97.4 Å². The zero-order valence-electron chi connectivity index (χ0n) is 25.2. The fourth-order valence-electron chi connectivity index (χ4n) is 4.87. The van der Waals surface area contributed by atoms with Crippen LogP contribution in [0.5, 0.6) is 0 Å². The molecule has 0 spiro atoms.